The number of hydrogen-bond donors (Lipinski definition) is 0. The van der Waals surface area contributed by atoms with E-state index in [1.807, 2.05) is 6.92 Å². The summed E-state index contributed by atoms with van der Waals surface area (Å²) in [6.45, 7) is 1.96. The number of carbonyl (C=O) groups excluding carboxylic acids is 1. The van der Waals surface area contributed by atoms with E-state index in [1.54, 1.807) is 0 Å². The first-order valence-electron chi connectivity index (χ1n) is 5.21. The van der Waals surface area contributed by atoms with Gasteiger partial charge in [-0.2, -0.15) is 0 Å². The fourth-order valence-electron chi connectivity index (χ4n) is 2.42. The van der Waals surface area contributed by atoms with E-state index in [2.05, 4.69) is 0 Å². The Bertz CT molecular complexity index is 244. The van der Waals surface area contributed by atoms with Crippen LogP contribution in [-0.2, 0) is 14.3 Å². The largest absolute Gasteiger partial charge is 0.456 e. The van der Waals surface area contributed by atoms with Gasteiger partial charge in [-0.05, 0) is 19.8 Å². The highest BCUT2D eigenvalue weighted by molar-refractivity contribution is 6.09. The molecule has 2 aliphatic heterocycles. The SMILES string of the molecule is [B]CCC(=O)OC1(C)CC2CCC1O2. The van der Waals surface area contributed by atoms with Gasteiger partial charge in [0.05, 0.1) is 20.1 Å². The van der Waals surface area contributed by atoms with Gasteiger partial charge >= 0.3 is 5.97 Å². The molecule has 3 unspecified atom stereocenters. The summed E-state index contributed by atoms with van der Waals surface area (Å²) in [6.07, 6.45) is 4.02. The Morgan fingerprint density at radius 2 is 2.43 bits per heavy atom. The van der Waals surface area contributed by atoms with Crippen molar-refractivity contribution in [3.05, 3.63) is 0 Å². The lowest BCUT2D eigenvalue weighted by atomic mass is 9.86. The second-order valence-electron chi connectivity index (χ2n) is 4.35. The van der Waals surface area contributed by atoms with E-state index in [0.717, 1.165) is 19.3 Å². The Labute approximate surface area is 85.6 Å². The van der Waals surface area contributed by atoms with Crippen molar-refractivity contribution in [2.75, 3.05) is 0 Å². The van der Waals surface area contributed by atoms with Gasteiger partial charge in [0.15, 0.2) is 0 Å². The summed E-state index contributed by atoms with van der Waals surface area (Å²) in [7, 11) is 5.29. The van der Waals surface area contributed by atoms with Gasteiger partial charge in [0.25, 0.3) is 0 Å². The average molecular weight is 194 g/mol. The second kappa shape index (κ2) is 3.57. The molecule has 0 aliphatic carbocycles. The van der Waals surface area contributed by atoms with Crippen LogP contribution in [0.1, 0.15) is 32.6 Å². The molecule has 0 spiro atoms. The number of ether oxygens (including phenoxy) is 2. The molecule has 3 atom stereocenters. The third-order valence-corrected chi connectivity index (χ3v) is 3.12. The number of esters is 1. The van der Waals surface area contributed by atoms with E-state index in [4.69, 9.17) is 17.3 Å². The monoisotopic (exact) mass is 194 g/mol. The maximum atomic E-state index is 11.3. The lowest BCUT2D eigenvalue weighted by Gasteiger charge is -2.30. The molecule has 0 aromatic carbocycles. The van der Waals surface area contributed by atoms with Crippen molar-refractivity contribution in [2.45, 2.75) is 56.7 Å². The smallest absolute Gasteiger partial charge is 0.305 e. The van der Waals surface area contributed by atoms with E-state index in [0.29, 0.717) is 18.8 Å². The number of fused-ring (bicyclic) bond motifs is 2. The van der Waals surface area contributed by atoms with Crippen molar-refractivity contribution >= 4 is 13.8 Å². The molecule has 2 radical (unpaired) electrons. The predicted molar refractivity (Wildman–Crippen MR) is 52.2 cm³/mol. The number of carbonyl (C=O) groups is 1. The third-order valence-electron chi connectivity index (χ3n) is 3.12. The van der Waals surface area contributed by atoms with Crippen LogP contribution in [0.4, 0.5) is 0 Å². The summed E-state index contributed by atoms with van der Waals surface area (Å²) in [5, 5.41) is 0. The quantitative estimate of drug-likeness (QED) is 0.500. The van der Waals surface area contributed by atoms with Crippen LogP contribution in [-0.4, -0.2) is 31.6 Å². The molecule has 4 heteroatoms. The third kappa shape index (κ3) is 1.67. The Kier molecular flexibility index (Phi) is 2.56. The minimum atomic E-state index is -0.394. The highest BCUT2D eigenvalue weighted by Crippen LogP contribution is 2.43. The summed E-state index contributed by atoms with van der Waals surface area (Å²) < 4.78 is 11.1. The van der Waals surface area contributed by atoms with E-state index in [-0.39, 0.29) is 12.1 Å². The molecule has 0 N–H and O–H groups in total. The number of rotatable bonds is 3. The molecule has 76 valence electrons. The van der Waals surface area contributed by atoms with Crippen LogP contribution in [0.3, 0.4) is 0 Å². The summed E-state index contributed by atoms with van der Waals surface area (Å²) >= 11 is 0. The van der Waals surface area contributed by atoms with Crippen LogP contribution in [0.5, 0.6) is 0 Å². The molecule has 14 heavy (non-hydrogen) atoms. The van der Waals surface area contributed by atoms with Gasteiger partial charge in [-0.3, -0.25) is 4.79 Å². The zero-order valence-corrected chi connectivity index (χ0v) is 8.49. The Hall–Kier alpha value is -0.505. The topological polar surface area (TPSA) is 35.5 Å². The molecule has 2 fully saturated rings. The van der Waals surface area contributed by atoms with Crippen molar-refractivity contribution in [2.24, 2.45) is 0 Å². The highest BCUT2D eigenvalue weighted by atomic mass is 16.6. The maximum Gasteiger partial charge on any atom is 0.305 e. The molecule has 2 rings (SSSR count). The summed E-state index contributed by atoms with van der Waals surface area (Å²) in [6, 6.07) is 0. The van der Waals surface area contributed by atoms with Gasteiger partial charge in [0, 0.05) is 12.8 Å². The average Bonchev–Trinajstić information content (AvgIpc) is 2.62. The molecule has 0 amide bonds. The first-order valence-corrected chi connectivity index (χ1v) is 5.21. The van der Waals surface area contributed by atoms with Gasteiger partial charge in [0.1, 0.15) is 5.60 Å². The predicted octanol–water partition coefficient (Wildman–Crippen LogP) is 1.22. The Morgan fingerprint density at radius 3 is 2.93 bits per heavy atom. The van der Waals surface area contributed by atoms with Crippen molar-refractivity contribution in [3.63, 3.8) is 0 Å². The minimum absolute atomic E-state index is 0.106. The van der Waals surface area contributed by atoms with E-state index < -0.39 is 5.60 Å². The zero-order chi connectivity index (χ0) is 10.2. The molecular formula is C10H15BO3. The van der Waals surface area contributed by atoms with Crippen LogP contribution in [0, 0.1) is 0 Å². The Balaban J connectivity index is 1.93. The van der Waals surface area contributed by atoms with Crippen molar-refractivity contribution in [3.8, 4) is 0 Å². The molecule has 0 aromatic rings. The van der Waals surface area contributed by atoms with Crippen LogP contribution < -0.4 is 0 Å². The molecule has 0 saturated carbocycles. The molecule has 2 saturated heterocycles. The van der Waals surface area contributed by atoms with Crippen molar-refractivity contribution < 1.29 is 14.3 Å². The van der Waals surface area contributed by atoms with Crippen molar-refractivity contribution in [1.29, 1.82) is 0 Å². The van der Waals surface area contributed by atoms with Gasteiger partial charge in [-0.15, -0.1) is 0 Å². The van der Waals surface area contributed by atoms with E-state index in [9.17, 15) is 4.79 Å². The molecule has 2 heterocycles. The standard InChI is InChI=1S/C10H15BO3/c1-10(14-9(12)4-5-11)6-7-2-3-8(10)13-7/h7-8H,2-6H2,1H3. The van der Waals surface area contributed by atoms with Crippen LogP contribution in [0.2, 0.25) is 6.32 Å². The maximum absolute atomic E-state index is 11.3. The fraction of sp³-hybridized carbons (Fsp3) is 0.900. The first kappa shape index (κ1) is 10.0. The van der Waals surface area contributed by atoms with Gasteiger partial charge in [-0.25, -0.2) is 0 Å². The van der Waals surface area contributed by atoms with Gasteiger partial charge in [0.2, 0.25) is 0 Å². The van der Waals surface area contributed by atoms with Gasteiger partial charge in [-0.1, -0.05) is 6.32 Å². The van der Waals surface area contributed by atoms with Crippen LogP contribution >= 0.6 is 0 Å². The first-order chi connectivity index (χ1) is 6.64. The lowest BCUT2D eigenvalue weighted by Crippen LogP contribution is -2.41. The summed E-state index contributed by atoms with van der Waals surface area (Å²) in [5.41, 5.74) is -0.394. The lowest BCUT2D eigenvalue weighted by molar-refractivity contribution is -0.162. The molecule has 2 aliphatic rings. The molecule has 0 aromatic heterocycles. The van der Waals surface area contributed by atoms with Crippen molar-refractivity contribution in [1.82, 2.24) is 0 Å². The fourth-order valence-corrected chi connectivity index (χ4v) is 2.42. The summed E-state index contributed by atoms with van der Waals surface area (Å²) in [5.74, 6) is -0.203. The second-order valence-corrected chi connectivity index (χ2v) is 4.35. The molecule has 3 nitrogen and oxygen atoms in total. The van der Waals surface area contributed by atoms with Crippen LogP contribution in [0.25, 0.3) is 0 Å². The highest BCUT2D eigenvalue weighted by Gasteiger charge is 2.51. The zero-order valence-electron chi connectivity index (χ0n) is 8.49. The molecular weight excluding hydrogens is 179 g/mol. The molecule has 2 bridgehead atoms. The van der Waals surface area contributed by atoms with E-state index in [1.165, 1.54) is 0 Å². The summed E-state index contributed by atoms with van der Waals surface area (Å²) in [4.78, 5) is 11.3. The van der Waals surface area contributed by atoms with Gasteiger partial charge < -0.3 is 9.47 Å². The minimum Gasteiger partial charge on any atom is -0.456 e. The Morgan fingerprint density at radius 1 is 1.64 bits per heavy atom. The normalized spacial score (nSPS) is 40.1. The van der Waals surface area contributed by atoms with E-state index >= 15 is 0 Å². The number of hydrogen-bond acceptors (Lipinski definition) is 3. The van der Waals surface area contributed by atoms with Crippen LogP contribution in [0.15, 0.2) is 0 Å².